The topological polar surface area (TPSA) is 38.0 Å². The van der Waals surface area contributed by atoms with Gasteiger partial charge in [0.1, 0.15) is 0 Å². The summed E-state index contributed by atoms with van der Waals surface area (Å²) in [5, 5.41) is 7.50. The van der Waals surface area contributed by atoms with Crippen LogP contribution in [0.2, 0.25) is 0 Å². The molecule has 88 valence electrons. The van der Waals surface area contributed by atoms with Crippen LogP contribution in [0.25, 0.3) is 32.3 Å². The van der Waals surface area contributed by atoms with Gasteiger partial charge in [0.25, 0.3) is 0 Å². The fraction of sp³-hybridized carbons (Fsp3) is 0. The van der Waals surface area contributed by atoms with Crippen molar-refractivity contribution in [3.63, 3.8) is 0 Å². The monoisotopic (exact) mass is 243 g/mol. The van der Waals surface area contributed by atoms with Crippen molar-refractivity contribution in [2.24, 2.45) is 0 Å². The van der Waals surface area contributed by atoms with Crippen molar-refractivity contribution in [1.82, 2.24) is 0 Å². The molecule has 0 atom stereocenters. The molecular weight excluding hydrogens is 232 g/mol. The van der Waals surface area contributed by atoms with Gasteiger partial charge in [-0.3, -0.25) is 0 Å². The first kappa shape index (κ1) is 10.2. The molecular formula is C17H11N2+. The lowest BCUT2D eigenvalue weighted by Crippen LogP contribution is -1.89. The minimum atomic E-state index is 1.00. The average Bonchev–Trinajstić information content (AvgIpc) is 2.46. The Bertz CT molecular complexity index is 947. The van der Waals surface area contributed by atoms with E-state index in [0.29, 0.717) is 0 Å². The Morgan fingerprint density at radius 3 is 2.11 bits per heavy atom. The van der Waals surface area contributed by atoms with Gasteiger partial charge in [0, 0.05) is 4.79 Å². The molecule has 0 spiro atoms. The molecule has 0 saturated heterocycles. The van der Waals surface area contributed by atoms with Crippen LogP contribution >= 0.6 is 0 Å². The van der Waals surface area contributed by atoms with Gasteiger partial charge >= 0.3 is 6.21 Å². The number of hydrogen-bond acceptors (Lipinski definition) is 1. The molecule has 0 radical (unpaired) electrons. The lowest BCUT2D eigenvalue weighted by Gasteiger charge is -2.10. The highest BCUT2D eigenvalue weighted by Crippen LogP contribution is 2.35. The van der Waals surface area contributed by atoms with E-state index in [2.05, 4.69) is 53.3 Å². The van der Waals surface area contributed by atoms with E-state index in [0.717, 1.165) is 10.9 Å². The van der Waals surface area contributed by atoms with Crippen LogP contribution in [0.15, 0.2) is 54.6 Å². The maximum atomic E-state index is 7.04. The summed E-state index contributed by atoms with van der Waals surface area (Å²) in [4.78, 5) is 3.41. The number of nitrogens with one attached hydrogen (secondary N) is 1. The summed E-state index contributed by atoms with van der Waals surface area (Å²) in [6, 6.07) is 19.1. The zero-order valence-electron chi connectivity index (χ0n) is 10.2. The molecule has 0 amide bonds. The zero-order chi connectivity index (χ0) is 12.8. The Balaban J connectivity index is 2.38. The molecule has 0 aliphatic carbocycles. The molecule has 0 saturated carbocycles. The van der Waals surface area contributed by atoms with E-state index in [1.807, 2.05) is 6.07 Å². The molecule has 0 aliphatic heterocycles. The molecule has 2 nitrogen and oxygen atoms in total. The van der Waals surface area contributed by atoms with E-state index >= 15 is 0 Å². The largest absolute Gasteiger partial charge is 0.337 e. The third-order valence-electron chi connectivity index (χ3n) is 3.77. The standard InChI is InChI=1S/C17H11N2/c18-19-10-14-7-6-13-5-4-11-2-1-3-12-8-9-15(14)17(13)16(11)12/h1-10,18H/q+1. The zero-order valence-corrected chi connectivity index (χ0v) is 10.2. The van der Waals surface area contributed by atoms with E-state index in [1.165, 1.54) is 26.9 Å². The highest BCUT2D eigenvalue weighted by atomic mass is 14.8. The van der Waals surface area contributed by atoms with Crippen LogP contribution in [0.4, 0.5) is 0 Å². The predicted molar refractivity (Wildman–Crippen MR) is 78.3 cm³/mol. The van der Waals surface area contributed by atoms with E-state index in [4.69, 9.17) is 5.53 Å². The van der Waals surface area contributed by atoms with E-state index in [-0.39, 0.29) is 0 Å². The molecule has 2 heteroatoms. The first-order valence-corrected chi connectivity index (χ1v) is 6.25. The summed E-state index contributed by atoms with van der Waals surface area (Å²) >= 11 is 0. The molecule has 0 fully saturated rings. The SMILES string of the molecule is N=[N+]=Cc1ccc2ccc3cccc4ccc1c2c34. The third kappa shape index (κ3) is 1.32. The van der Waals surface area contributed by atoms with Gasteiger partial charge < -0.3 is 0 Å². The highest BCUT2D eigenvalue weighted by molar-refractivity contribution is 6.25. The van der Waals surface area contributed by atoms with Gasteiger partial charge in [-0.1, -0.05) is 48.5 Å². The minimum absolute atomic E-state index is 1.00. The van der Waals surface area contributed by atoms with Crippen molar-refractivity contribution in [1.29, 1.82) is 5.53 Å². The van der Waals surface area contributed by atoms with Gasteiger partial charge in [0.05, 0.1) is 11.1 Å². The first-order valence-electron chi connectivity index (χ1n) is 6.25. The van der Waals surface area contributed by atoms with Crippen molar-refractivity contribution in [2.45, 2.75) is 0 Å². The molecule has 0 bridgehead atoms. The smallest absolute Gasteiger partial charge is 0.0610 e. The van der Waals surface area contributed by atoms with Crippen LogP contribution in [0.5, 0.6) is 0 Å². The van der Waals surface area contributed by atoms with Crippen molar-refractivity contribution < 1.29 is 4.79 Å². The maximum Gasteiger partial charge on any atom is 0.337 e. The van der Waals surface area contributed by atoms with E-state index < -0.39 is 0 Å². The summed E-state index contributed by atoms with van der Waals surface area (Å²) in [5.41, 5.74) is 8.04. The van der Waals surface area contributed by atoms with Crippen LogP contribution < -0.4 is 0 Å². The van der Waals surface area contributed by atoms with Crippen molar-refractivity contribution in [3.8, 4) is 0 Å². The second-order valence-electron chi connectivity index (χ2n) is 4.77. The highest BCUT2D eigenvalue weighted by Gasteiger charge is 2.11. The van der Waals surface area contributed by atoms with Crippen LogP contribution in [-0.4, -0.2) is 11.0 Å². The Labute approximate surface area is 109 Å². The maximum absolute atomic E-state index is 7.04. The van der Waals surface area contributed by atoms with Gasteiger partial charge in [-0.25, -0.2) is 0 Å². The van der Waals surface area contributed by atoms with Crippen molar-refractivity contribution in [3.05, 3.63) is 60.2 Å². The normalized spacial score (nSPS) is 11.2. The number of hydrogen-bond donors (Lipinski definition) is 1. The Hall–Kier alpha value is -2.70. The van der Waals surface area contributed by atoms with E-state index in [1.54, 1.807) is 6.21 Å². The summed E-state index contributed by atoms with van der Waals surface area (Å²) < 4.78 is 0. The second-order valence-corrected chi connectivity index (χ2v) is 4.77. The molecule has 4 aromatic carbocycles. The molecule has 0 unspecified atom stereocenters. The van der Waals surface area contributed by atoms with Gasteiger partial charge in [0.2, 0.25) is 0 Å². The van der Waals surface area contributed by atoms with Crippen LogP contribution in [0.3, 0.4) is 0 Å². The van der Waals surface area contributed by atoms with Crippen LogP contribution in [-0.2, 0) is 0 Å². The van der Waals surface area contributed by atoms with Gasteiger partial charge in [-0.15, -0.1) is 0 Å². The minimum Gasteiger partial charge on any atom is -0.0610 e. The second kappa shape index (κ2) is 3.64. The van der Waals surface area contributed by atoms with Crippen molar-refractivity contribution >= 4 is 38.5 Å². The van der Waals surface area contributed by atoms with E-state index in [9.17, 15) is 0 Å². The summed E-state index contributed by atoms with van der Waals surface area (Å²) in [6.45, 7) is 0. The fourth-order valence-corrected chi connectivity index (χ4v) is 2.94. The van der Waals surface area contributed by atoms with Gasteiger partial charge in [-0.05, 0) is 38.4 Å². The van der Waals surface area contributed by atoms with Crippen LogP contribution in [0.1, 0.15) is 5.56 Å². The summed E-state index contributed by atoms with van der Waals surface area (Å²) in [7, 11) is 0. The lowest BCUT2D eigenvalue weighted by atomic mass is 9.92. The number of nitrogens with zero attached hydrogens (tertiary/aromatic N) is 1. The molecule has 0 aromatic heterocycles. The quantitative estimate of drug-likeness (QED) is 0.225. The molecule has 4 rings (SSSR count). The first-order chi connectivity index (χ1) is 9.38. The molecule has 0 heterocycles. The van der Waals surface area contributed by atoms with Crippen LogP contribution in [0, 0.1) is 5.53 Å². The Morgan fingerprint density at radius 1 is 0.737 bits per heavy atom. The van der Waals surface area contributed by atoms with Gasteiger partial charge in [0.15, 0.2) is 0 Å². The molecule has 0 aliphatic rings. The lowest BCUT2D eigenvalue weighted by molar-refractivity contribution is -0.111. The Kier molecular flexibility index (Phi) is 1.96. The number of rotatable bonds is 1. The molecule has 1 N–H and O–H groups in total. The average molecular weight is 243 g/mol. The fourth-order valence-electron chi connectivity index (χ4n) is 2.94. The summed E-state index contributed by atoms with van der Waals surface area (Å²) in [5.74, 6) is 0. The molecule has 4 aromatic rings. The molecule has 19 heavy (non-hydrogen) atoms. The van der Waals surface area contributed by atoms with Crippen molar-refractivity contribution in [2.75, 3.05) is 0 Å². The van der Waals surface area contributed by atoms with Gasteiger partial charge in [-0.2, -0.15) is 0 Å². The predicted octanol–water partition coefficient (Wildman–Crippen LogP) is 4.24. The Morgan fingerprint density at radius 2 is 1.37 bits per heavy atom. The third-order valence-corrected chi connectivity index (χ3v) is 3.77. The number of benzene rings is 4. The summed E-state index contributed by atoms with van der Waals surface area (Å²) in [6.07, 6.45) is 1.60.